The Balaban J connectivity index is 0.000000845. The van der Waals surface area contributed by atoms with Gasteiger partial charge in [-0.25, -0.2) is 4.39 Å². The summed E-state index contributed by atoms with van der Waals surface area (Å²) in [4.78, 5) is 0. The first-order valence-electron chi connectivity index (χ1n) is 3.96. The first-order chi connectivity index (χ1) is 5.79. The molecule has 1 aromatic carbocycles. The molecular formula is C9H10BrClFN. The minimum atomic E-state index is -0.124. The largest absolute Gasteiger partial charge is 0.310 e. The van der Waals surface area contributed by atoms with Crippen molar-refractivity contribution in [3.8, 4) is 0 Å². The second-order valence-corrected chi connectivity index (χ2v) is 3.79. The van der Waals surface area contributed by atoms with Crippen LogP contribution in [0.4, 0.5) is 4.39 Å². The van der Waals surface area contributed by atoms with Gasteiger partial charge in [0.1, 0.15) is 5.82 Å². The third-order valence-electron chi connectivity index (χ3n) is 2.17. The van der Waals surface area contributed by atoms with Crippen molar-refractivity contribution in [2.24, 2.45) is 0 Å². The molecule has 1 atom stereocenters. The number of benzene rings is 1. The Labute approximate surface area is 91.3 Å². The summed E-state index contributed by atoms with van der Waals surface area (Å²) >= 11 is 3.34. The average Bonchev–Trinajstić information content (AvgIpc) is 1.93. The van der Waals surface area contributed by atoms with Gasteiger partial charge >= 0.3 is 0 Å². The molecule has 1 N–H and O–H groups in total. The lowest BCUT2D eigenvalue weighted by atomic mass is 9.98. The highest BCUT2D eigenvalue weighted by Crippen LogP contribution is 2.31. The Morgan fingerprint density at radius 2 is 2.15 bits per heavy atom. The zero-order valence-corrected chi connectivity index (χ0v) is 9.29. The van der Waals surface area contributed by atoms with Crippen LogP contribution in [0.1, 0.15) is 18.0 Å². The molecule has 1 aliphatic rings. The van der Waals surface area contributed by atoms with Crippen LogP contribution >= 0.6 is 28.3 Å². The normalized spacial score (nSPS) is 20.3. The van der Waals surface area contributed by atoms with Crippen molar-refractivity contribution < 1.29 is 4.39 Å². The minimum Gasteiger partial charge on any atom is -0.310 e. The van der Waals surface area contributed by atoms with Crippen LogP contribution < -0.4 is 5.32 Å². The lowest BCUT2D eigenvalue weighted by Gasteiger charge is -2.29. The van der Waals surface area contributed by atoms with Gasteiger partial charge in [0.05, 0.1) is 0 Å². The monoisotopic (exact) mass is 265 g/mol. The molecule has 1 saturated heterocycles. The van der Waals surface area contributed by atoms with Crippen molar-refractivity contribution in [3.63, 3.8) is 0 Å². The summed E-state index contributed by atoms with van der Waals surface area (Å²) in [7, 11) is 0. The molecule has 72 valence electrons. The Kier molecular flexibility index (Phi) is 3.71. The first-order valence-corrected chi connectivity index (χ1v) is 4.75. The van der Waals surface area contributed by atoms with Crippen molar-refractivity contribution in [1.29, 1.82) is 0 Å². The smallest absolute Gasteiger partial charge is 0.129 e. The van der Waals surface area contributed by atoms with E-state index in [9.17, 15) is 4.39 Å². The maximum absolute atomic E-state index is 13.3. The summed E-state index contributed by atoms with van der Waals surface area (Å²) in [5.41, 5.74) is 0.767. The molecule has 0 aromatic heterocycles. The molecule has 0 bridgehead atoms. The van der Waals surface area contributed by atoms with E-state index >= 15 is 0 Å². The van der Waals surface area contributed by atoms with E-state index in [4.69, 9.17) is 0 Å². The lowest BCUT2D eigenvalue weighted by molar-refractivity contribution is 0.369. The highest BCUT2D eigenvalue weighted by molar-refractivity contribution is 9.10. The highest BCUT2D eigenvalue weighted by Gasteiger charge is 2.23. The van der Waals surface area contributed by atoms with Crippen LogP contribution in [0.3, 0.4) is 0 Å². The molecule has 13 heavy (non-hydrogen) atoms. The van der Waals surface area contributed by atoms with Crippen molar-refractivity contribution in [2.75, 3.05) is 6.54 Å². The topological polar surface area (TPSA) is 12.0 Å². The van der Waals surface area contributed by atoms with Gasteiger partial charge in [0.25, 0.3) is 0 Å². The molecule has 0 spiro atoms. The van der Waals surface area contributed by atoms with Crippen LogP contribution in [0, 0.1) is 5.82 Å². The Bertz CT molecular complexity index is 281. The molecule has 0 aliphatic carbocycles. The molecule has 4 heteroatoms. The fourth-order valence-electron chi connectivity index (χ4n) is 1.38. The van der Waals surface area contributed by atoms with Crippen LogP contribution in [-0.4, -0.2) is 6.54 Å². The Morgan fingerprint density at radius 1 is 1.46 bits per heavy atom. The maximum Gasteiger partial charge on any atom is 0.129 e. The predicted octanol–water partition coefficient (Wildman–Crippen LogP) is 3.04. The minimum absolute atomic E-state index is 0. The molecule has 0 radical (unpaired) electrons. The maximum atomic E-state index is 13.3. The van der Waals surface area contributed by atoms with E-state index in [2.05, 4.69) is 21.2 Å². The zero-order chi connectivity index (χ0) is 8.55. The van der Waals surface area contributed by atoms with Gasteiger partial charge in [-0.15, -0.1) is 12.4 Å². The second-order valence-electron chi connectivity index (χ2n) is 2.93. The van der Waals surface area contributed by atoms with E-state index in [1.165, 1.54) is 6.07 Å². The average molecular weight is 267 g/mol. The summed E-state index contributed by atoms with van der Waals surface area (Å²) in [6.45, 7) is 0.992. The number of rotatable bonds is 1. The predicted molar refractivity (Wildman–Crippen MR) is 56.7 cm³/mol. The molecular weight excluding hydrogens is 256 g/mol. The van der Waals surface area contributed by atoms with E-state index in [0.29, 0.717) is 0 Å². The van der Waals surface area contributed by atoms with Gasteiger partial charge in [-0.1, -0.05) is 22.0 Å². The molecule has 0 unspecified atom stereocenters. The summed E-state index contributed by atoms with van der Waals surface area (Å²) in [6.07, 6.45) is 1.03. The van der Waals surface area contributed by atoms with Gasteiger partial charge in [0.2, 0.25) is 0 Å². The molecule has 1 nitrogen and oxygen atoms in total. The molecule has 1 fully saturated rings. The van der Waals surface area contributed by atoms with Gasteiger partial charge in [-0.2, -0.15) is 0 Å². The van der Waals surface area contributed by atoms with Gasteiger partial charge in [0.15, 0.2) is 0 Å². The third kappa shape index (κ3) is 2.03. The molecule has 2 rings (SSSR count). The SMILES string of the molecule is Cl.Fc1cccc(Br)c1[C@H]1CCN1. The van der Waals surface area contributed by atoms with Gasteiger partial charge in [-0.3, -0.25) is 0 Å². The van der Waals surface area contributed by atoms with Crippen molar-refractivity contribution in [3.05, 3.63) is 34.1 Å². The van der Waals surface area contributed by atoms with Gasteiger partial charge < -0.3 is 5.32 Å². The zero-order valence-electron chi connectivity index (χ0n) is 6.89. The van der Waals surface area contributed by atoms with Gasteiger partial charge in [-0.05, 0) is 25.1 Å². The highest BCUT2D eigenvalue weighted by atomic mass is 79.9. The molecule has 0 saturated carbocycles. The number of hydrogen-bond donors (Lipinski definition) is 1. The van der Waals surface area contributed by atoms with Crippen molar-refractivity contribution in [2.45, 2.75) is 12.5 Å². The van der Waals surface area contributed by atoms with Crippen LogP contribution in [0.25, 0.3) is 0 Å². The fourth-order valence-corrected chi connectivity index (χ4v) is 2.00. The quantitative estimate of drug-likeness (QED) is 0.824. The Morgan fingerprint density at radius 3 is 2.62 bits per heavy atom. The first kappa shape index (κ1) is 11.0. The van der Waals surface area contributed by atoms with E-state index in [1.54, 1.807) is 6.07 Å². The van der Waals surface area contributed by atoms with Gasteiger partial charge in [0, 0.05) is 16.1 Å². The second kappa shape index (κ2) is 4.40. The summed E-state index contributed by atoms with van der Waals surface area (Å²) < 4.78 is 14.1. The van der Waals surface area contributed by atoms with Crippen LogP contribution in [-0.2, 0) is 0 Å². The van der Waals surface area contributed by atoms with E-state index < -0.39 is 0 Å². The van der Waals surface area contributed by atoms with E-state index in [1.807, 2.05) is 6.07 Å². The van der Waals surface area contributed by atoms with Crippen molar-refractivity contribution in [1.82, 2.24) is 5.32 Å². The molecule has 1 aliphatic heterocycles. The van der Waals surface area contributed by atoms with E-state index in [-0.39, 0.29) is 24.3 Å². The molecule has 1 aromatic rings. The van der Waals surface area contributed by atoms with Crippen LogP contribution in [0.15, 0.2) is 22.7 Å². The lowest BCUT2D eigenvalue weighted by Crippen LogP contribution is -2.35. The fraction of sp³-hybridized carbons (Fsp3) is 0.333. The summed E-state index contributed by atoms with van der Waals surface area (Å²) in [5, 5.41) is 3.17. The number of halogens is 3. The van der Waals surface area contributed by atoms with Crippen LogP contribution in [0.5, 0.6) is 0 Å². The molecule has 1 heterocycles. The third-order valence-corrected chi connectivity index (χ3v) is 2.86. The van der Waals surface area contributed by atoms with E-state index in [0.717, 1.165) is 23.0 Å². The Hall–Kier alpha value is -0.120. The van der Waals surface area contributed by atoms with Crippen LogP contribution in [0.2, 0.25) is 0 Å². The number of nitrogens with one attached hydrogen (secondary N) is 1. The number of hydrogen-bond acceptors (Lipinski definition) is 1. The standard InChI is InChI=1S/C9H9BrFN.ClH/c10-6-2-1-3-7(11)9(6)8-4-5-12-8;/h1-3,8,12H,4-5H2;1H/t8-;/m1./s1. The summed E-state index contributed by atoms with van der Waals surface area (Å²) in [5.74, 6) is -0.124. The molecule has 0 amide bonds. The van der Waals surface area contributed by atoms with Crippen molar-refractivity contribution >= 4 is 28.3 Å². The summed E-state index contributed by atoms with van der Waals surface area (Å²) in [6, 6.07) is 5.29.